The molecular weight excluding hydrogens is 206 g/mol. The van der Waals surface area contributed by atoms with E-state index in [0.29, 0.717) is 5.92 Å². The van der Waals surface area contributed by atoms with Gasteiger partial charge in [-0.05, 0) is 50.2 Å². The van der Waals surface area contributed by atoms with Gasteiger partial charge in [0, 0.05) is 10.6 Å². The van der Waals surface area contributed by atoms with Gasteiger partial charge in [0.2, 0.25) is 0 Å². The number of hydrogen-bond acceptors (Lipinski definition) is 1. The number of hydrogen-bond donors (Lipinski definition) is 1. The summed E-state index contributed by atoms with van der Waals surface area (Å²) in [6.45, 7) is 2.15. The van der Waals surface area contributed by atoms with Crippen LogP contribution in [0.25, 0.3) is 0 Å². The van der Waals surface area contributed by atoms with Gasteiger partial charge in [0.05, 0.1) is 0 Å². The molecular formula is C13H18ClN. The largest absolute Gasteiger partial charge is 0.325 e. The van der Waals surface area contributed by atoms with Crippen molar-refractivity contribution < 1.29 is 0 Å². The van der Waals surface area contributed by atoms with Crippen LogP contribution in [0.2, 0.25) is 5.02 Å². The van der Waals surface area contributed by atoms with Crippen LogP contribution in [0.4, 0.5) is 0 Å². The van der Waals surface area contributed by atoms with Crippen LogP contribution >= 0.6 is 11.6 Å². The molecule has 1 aliphatic carbocycles. The van der Waals surface area contributed by atoms with Crippen LogP contribution in [0.1, 0.15) is 44.1 Å². The lowest BCUT2D eigenvalue weighted by Gasteiger charge is -2.34. The lowest BCUT2D eigenvalue weighted by Crippen LogP contribution is -2.39. The lowest BCUT2D eigenvalue weighted by atomic mass is 9.76. The summed E-state index contributed by atoms with van der Waals surface area (Å²) in [5.41, 5.74) is 7.46. The predicted octanol–water partition coefficient (Wildman–Crippen LogP) is 3.72. The highest BCUT2D eigenvalue weighted by molar-refractivity contribution is 6.31. The molecule has 2 rings (SSSR count). The summed E-state index contributed by atoms with van der Waals surface area (Å²) in [7, 11) is 0. The molecule has 0 amide bonds. The molecule has 0 saturated heterocycles. The van der Waals surface area contributed by atoms with Gasteiger partial charge in [0.25, 0.3) is 0 Å². The topological polar surface area (TPSA) is 26.0 Å². The molecule has 0 radical (unpaired) electrons. The van der Waals surface area contributed by atoms with Crippen LogP contribution in [-0.4, -0.2) is 5.54 Å². The van der Waals surface area contributed by atoms with E-state index in [2.05, 4.69) is 19.1 Å². The van der Waals surface area contributed by atoms with E-state index in [4.69, 9.17) is 17.3 Å². The van der Waals surface area contributed by atoms with Crippen molar-refractivity contribution in [3.05, 3.63) is 34.9 Å². The van der Waals surface area contributed by atoms with Crippen molar-refractivity contribution in [3.63, 3.8) is 0 Å². The van der Waals surface area contributed by atoms with Crippen LogP contribution < -0.4 is 5.73 Å². The van der Waals surface area contributed by atoms with Crippen LogP contribution in [0.3, 0.4) is 0 Å². The first kappa shape index (κ1) is 11.0. The van der Waals surface area contributed by atoms with Crippen molar-refractivity contribution in [1.29, 1.82) is 0 Å². The highest BCUT2D eigenvalue weighted by Crippen LogP contribution is 2.38. The molecule has 0 bridgehead atoms. The number of benzene rings is 1. The maximum atomic E-state index is 6.20. The minimum atomic E-state index is 0.0394. The molecule has 0 spiro atoms. The van der Waals surface area contributed by atoms with E-state index in [1.165, 1.54) is 5.56 Å². The third-order valence-corrected chi connectivity index (χ3v) is 3.82. The molecule has 1 nitrogen and oxygen atoms in total. The Morgan fingerprint density at radius 1 is 1.27 bits per heavy atom. The van der Waals surface area contributed by atoms with Crippen LogP contribution in [0.15, 0.2) is 24.3 Å². The second-order valence-electron chi connectivity index (χ2n) is 4.95. The Kier molecular flexibility index (Phi) is 3.03. The van der Waals surface area contributed by atoms with Gasteiger partial charge in [-0.25, -0.2) is 0 Å². The number of halogens is 1. The van der Waals surface area contributed by atoms with Crippen molar-refractivity contribution >= 4 is 11.6 Å². The quantitative estimate of drug-likeness (QED) is 0.772. The maximum Gasteiger partial charge on any atom is 0.0440 e. The Balaban J connectivity index is 2.11. The standard InChI is InChI=1S/C13H18ClN/c1-13(15)8-6-10(7-9-13)11-4-2-3-5-12(11)14/h2-5,10H,6-9,15H2,1H3. The van der Waals surface area contributed by atoms with E-state index in [1.54, 1.807) is 0 Å². The molecule has 2 N–H and O–H groups in total. The van der Waals surface area contributed by atoms with Crippen molar-refractivity contribution in [1.82, 2.24) is 0 Å². The Labute approximate surface area is 96.6 Å². The predicted molar refractivity (Wildman–Crippen MR) is 65.3 cm³/mol. The molecule has 0 aliphatic heterocycles. The third kappa shape index (κ3) is 2.53. The van der Waals surface area contributed by atoms with E-state index in [9.17, 15) is 0 Å². The molecule has 1 aromatic carbocycles. The lowest BCUT2D eigenvalue weighted by molar-refractivity contribution is 0.295. The Bertz CT molecular complexity index is 336. The van der Waals surface area contributed by atoms with Gasteiger partial charge in [-0.3, -0.25) is 0 Å². The summed E-state index contributed by atoms with van der Waals surface area (Å²) in [5, 5.41) is 0.906. The van der Waals surface area contributed by atoms with E-state index in [-0.39, 0.29) is 5.54 Å². The maximum absolute atomic E-state index is 6.20. The van der Waals surface area contributed by atoms with Gasteiger partial charge in [-0.1, -0.05) is 29.8 Å². The molecule has 0 atom stereocenters. The fraction of sp³-hybridized carbons (Fsp3) is 0.538. The first-order valence-corrected chi connectivity index (χ1v) is 6.00. The SMILES string of the molecule is CC1(N)CCC(c2ccccc2Cl)CC1. The minimum Gasteiger partial charge on any atom is -0.325 e. The van der Waals surface area contributed by atoms with Crippen molar-refractivity contribution in [3.8, 4) is 0 Å². The molecule has 1 aromatic rings. The first-order valence-electron chi connectivity index (χ1n) is 5.62. The first-order chi connectivity index (χ1) is 7.08. The van der Waals surface area contributed by atoms with Crippen molar-refractivity contribution in [2.45, 2.75) is 44.1 Å². The second kappa shape index (κ2) is 4.15. The van der Waals surface area contributed by atoms with E-state index in [0.717, 1.165) is 30.7 Å². The number of nitrogens with two attached hydrogens (primary N) is 1. The van der Waals surface area contributed by atoms with Crippen molar-refractivity contribution in [2.24, 2.45) is 5.73 Å². The van der Waals surface area contributed by atoms with Crippen molar-refractivity contribution in [2.75, 3.05) is 0 Å². The molecule has 0 unspecified atom stereocenters. The fourth-order valence-corrected chi connectivity index (χ4v) is 2.68. The summed E-state index contributed by atoms with van der Waals surface area (Å²) in [5.74, 6) is 0.607. The molecule has 82 valence electrons. The van der Waals surface area contributed by atoms with Gasteiger partial charge in [0.15, 0.2) is 0 Å². The summed E-state index contributed by atoms with van der Waals surface area (Å²) >= 11 is 6.20. The van der Waals surface area contributed by atoms with E-state index < -0.39 is 0 Å². The smallest absolute Gasteiger partial charge is 0.0440 e. The Morgan fingerprint density at radius 3 is 2.47 bits per heavy atom. The van der Waals surface area contributed by atoms with Gasteiger partial charge in [-0.2, -0.15) is 0 Å². The van der Waals surface area contributed by atoms with Gasteiger partial charge >= 0.3 is 0 Å². The zero-order valence-corrected chi connectivity index (χ0v) is 9.93. The summed E-state index contributed by atoms with van der Waals surface area (Å²) < 4.78 is 0. The van der Waals surface area contributed by atoms with Gasteiger partial charge in [0.1, 0.15) is 0 Å². The summed E-state index contributed by atoms with van der Waals surface area (Å²) in [4.78, 5) is 0. The highest BCUT2D eigenvalue weighted by Gasteiger charge is 2.28. The number of rotatable bonds is 1. The highest BCUT2D eigenvalue weighted by atomic mass is 35.5. The fourth-order valence-electron chi connectivity index (χ4n) is 2.39. The molecule has 1 aliphatic rings. The normalized spacial score (nSPS) is 31.5. The van der Waals surface area contributed by atoms with E-state index >= 15 is 0 Å². The second-order valence-corrected chi connectivity index (χ2v) is 5.36. The zero-order valence-electron chi connectivity index (χ0n) is 9.17. The molecule has 1 fully saturated rings. The minimum absolute atomic E-state index is 0.0394. The zero-order chi connectivity index (χ0) is 10.9. The monoisotopic (exact) mass is 223 g/mol. The molecule has 0 heterocycles. The van der Waals surface area contributed by atoms with Crippen LogP contribution in [0.5, 0.6) is 0 Å². The Hall–Kier alpha value is -0.530. The summed E-state index contributed by atoms with van der Waals surface area (Å²) in [6, 6.07) is 8.18. The molecule has 0 aromatic heterocycles. The Morgan fingerprint density at radius 2 is 1.87 bits per heavy atom. The van der Waals surface area contributed by atoms with Crippen LogP contribution in [-0.2, 0) is 0 Å². The van der Waals surface area contributed by atoms with Gasteiger partial charge in [-0.15, -0.1) is 0 Å². The molecule has 1 saturated carbocycles. The summed E-state index contributed by atoms with van der Waals surface area (Å²) in [6.07, 6.45) is 4.53. The van der Waals surface area contributed by atoms with Gasteiger partial charge < -0.3 is 5.73 Å². The van der Waals surface area contributed by atoms with E-state index in [1.807, 2.05) is 12.1 Å². The van der Waals surface area contributed by atoms with Crippen LogP contribution in [0, 0.1) is 0 Å². The third-order valence-electron chi connectivity index (χ3n) is 3.47. The molecule has 2 heteroatoms. The molecule has 15 heavy (non-hydrogen) atoms. The average Bonchev–Trinajstić information content (AvgIpc) is 2.19. The average molecular weight is 224 g/mol.